The average molecular weight is 335 g/mol. The lowest BCUT2D eigenvalue weighted by atomic mass is 9.95. The zero-order valence-electron chi connectivity index (χ0n) is 14.7. The summed E-state index contributed by atoms with van der Waals surface area (Å²) in [5, 5.41) is 17.3. The van der Waals surface area contributed by atoms with Gasteiger partial charge in [-0.2, -0.15) is 0 Å². The smallest absolute Gasteiger partial charge is 0.239 e. The summed E-state index contributed by atoms with van der Waals surface area (Å²) < 4.78 is 2.01. The van der Waals surface area contributed by atoms with E-state index in [1.165, 1.54) is 19.3 Å². The highest BCUT2D eigenvalue weighted by molar-refractivity contribution is 5.86. The number of nitrogens with one attached hydrogen (secondary N) is 3. The van der Waals surface area contributed by atoms with Crippen molar-refractivity contribution in [2.75, 3.05) is 20.1 Å². The third-order valence-corrected chi connectivity index (χ3v) is 4.27. The number of guanidine groups is 1. The summed E-state index contributed by atoms with van der Waals surface area (Å²) in [7, 11) is 1.70. The van der Waals surface area contributed by atoms with Gasteiger partial charge in [-0.15, -0.1) is 10.2 Å². The molecule has 8 nitrogen and oxygen atoms in total. The van der Waals surface area contributed by atoms with Crippen LogP contribution in [0.4, 0.5) is 0 Å². The zero-order chi connectivity index (χ0) is 17.2. The number of carbonyl (C=O) groups excluding carboxylic acids is 1. The zero-order valence-corrected chi connectivity index (χ0v) is 14.7. The fourth-order valence-corrected chi connectivity index (χ4v) is 2.94. The number of hydrogen-bond acceptors (Lipinski definition) is 4. The normalized spacial score (nSPS) is 16.0. The largest absolute Gasteiger partial charge is 0.355 e. The minimum absolute atomic E-state index is 0.0249. The van der Waals surface area contributed by atoms with Gasteiger partial charge in [0.05, 0.1) is 6.54 Å². The van der Waals surface area contributed by atoms with E-state index in [1.807, 2.05) is 4.57 Å². The van der Waals surface area contributed by atoms with Gasteiger partial charge in [0.2, 0.25) is 5.91 Å². The van der Waals surface area contributed by atoms with Crippen molar-refractivity contribution in [3.8, 4) is 0 Å². The highest BCUT2D eigenvalue weighted by Crippen LogP contribution is 2.16. The highest BCUT2D eigenvalue weighted by atomic mass is 16.2. The van der Waals surface area contributed by atoms with Gasteiger partial charge in [0, 0.05) is 32.6 Å². The Morgan fingerprint density at radius 3 is 2.83 bits per heavy atom. The summed E-state index contributed by atoms with van der Waals surface area (Å²) in [4.78, 5) is 16.1. The van der Waals surface area contributed by atoms with E-state index < -0.39 is 0 Å². The summed E-state index contributed by atoms with van der Waals surface area (Å²) in [5.74, 6) is 1.61. The minimum Gasteiger partial charge on any atom is -0.355 e. The number of aryl methyl sites for hydroxylation is 1. The molecular weight excluding hydrogens is 306 g/mol. The molecule has 1 saturated carbocycles. The van der Waals surface area contributed by atoms with E-state index in [1.54, 1.807) is 13.4 Å². The first kappa shape index (κ1) is 18.2. The van der Waals surface area contributed by atoms with Crippen molar-refractivity contribution < 1.29 is 4.79 Å². The Morgan fingerprint density at radius 2 is 2.12 bits per heavy atom. The number of aromatic nitrogens is 3. The Kier molecular flexibility index (Phi) is 7.51. The number of rotatable bonds is 7. The summed E-state index contributed by atoms with van der Waals surface area (Å²) in [6.45, 7) is 3.74. The maximum Gasteiger partial charge on any atom is 0.239 e. The van der Waals surface area contributed by atoms with Gasteiger partial charge in [0.15, 0.2) is 5.96 Å². The van der Waals surface area contributed by atoms with Crippen molar-refractivity contribution in [1.82, 2.24) is 30.7 Å². The van der Waals surface area contributed by atoms with Crippen LogP contribution in [0.2, 0.25) is 0 Å². The van der Waals surface area contributed by atoms with Gasteiger partial charge in [-0.05, 0) is 12.8 Å². The predicted molar refractivity (Wildman–Crippen MR) is 93.8 cm³/mol. The number of aliphatic imine (C=N–C) groups is 1. The average Bonchev–Trinajstić information content (AvgIpc) is 3.06. The van der Waals surface area contributed by atoms with Gasteiger partial charge in [-0.3, -0.25) is 9.79 Å². The first-order valence-electron chi connectivity index (χ1n) is 8.83. The van der Waals surface area contributed by atoms with Crippen LogP contribution in [0.3, 0.4) is 0 Å². The molecule has 0 saturated heterocycles. The number of nitrogens with zero attached hydrogens (tertiary/aromatic N) is 4. The molecule has 1 aliphatic carbocycles. The van der Waals surface area contributed by atoms with Crippen LogP contribution >= 0.6 is 0 Å². The maximum atomic E-state index is 12.0. The molecule has 1 aliphatic rings. The lowest BCUT2D eigenvalue weighted by molar-refractivity contribution is -0.120. The molecule has 0 bridgehead atoms. The Balaban J connectivity index is 1.65. The lowest BCUT2D eigenvalue weighted by Gasteiger charge is -2.23. The van der Waals surface area contributed by atoms with Gasteiger partial charge >= 0.3 is 0 Å². The number of amides is 1. The molecule has 2 rings (SSSR count). The second kappa shape index (κ2) is 9.89. The van der Waals surface area contributed by atoms with Crippen molar-refractivity contribution in [3.63, 3.8) is 0 Å². The van der Waals surface area contributed by atoms with Crippen molar-refractivity contribution in [2.45, 2.75) is 58.0 Å². The molecule has 0 radical (unpaired) electrons. The second-order valence-electron chi connectivity index (χ2n) is 6.05. The SMILES string of the molecule is CCc1nncn1CCNC(=NC)NCC(=O)NC1CCCCC1. The van der Waals surface area contributed by atoms with Crippen LogP contribution in [-0.4, -0.2) is 52.8 Å². The lowest BCUT2D eigenvalue weighted by Crippen LogP contribution is -2.46. The standard InChI is InChI=1S/C16H29N7O/c1-3-14-22-20-12-23(14)10-9-18-16(17-2)19-11-15(24)21-13-7-5-4-6-8-13/h12-13H,3-11H2,1-2H3,(H,21,24)(H2,17,18,19). The van der Waals surface area contributed by atoms with Gasteiger partial charge < -0.3 is 20.5 Å². The van der Waals surface area contributed by atoms with Crippen LogP contribution in [0.25, 0.3) is 0 Å². The van der Waals surface area contributed by atoms with E-state index in [-0.39, 0.29) is 12.5 Å². The van der Waals surface area contributed by atoms with E-state index in [9.17, 15) is 4.79 Å². The molecule has 0 atom stereocenters. The molecule has 8 heteroatoms. The topological polar surface area (TPSA) is 96.2 Å². The van der Waals surface area contributed by atoms with Crippen LogP contribution in [-0.2, 0) is 17.8 Å². The van der Waals surface area contributed by atoms with Gasteiger partial charge in [0.25, 0.3) is 0 Å². The minimum atomic E-state index is 0.0249. The van der Waals surface area contributed by atoms with E-state index in [0.29, 0.717) is 18.5 Å². The van der Waals surface area contributed by atoms with Gasteiger partial charge in [0.1, 0.15) is 12.2 Å². The molecule has 1 heterocycles. The Morgan fingerprint density at radius 1 is 1.33 bits per heavy atom. The number of carbonyl (C=O) groups is 1. The van der Waals surface area contributed by atoms with Crippen molar-refractivity contribution in [3.05, 3.63) is 12.2 Å². The number of hydrogen-bond donors (Lipinski definition) is 3. The van der Waals surface area contributed by atoms with Crippen LogP contribution in [0.15, 0.2) is 11.3 Å². The molecule has 1 aromatic heterocycles. The fraction of sp³-hybridized carbons (Fsp3) is 0.750. The summed E-state index contributed by atoms with van der Waals surface area (Å²) >= 11 is 0. The first-order valence-corrected chi connectivity index (χ1v) is 8.83. The molecule has 1 aromatic rings. The first-order chi connectivity index (χ1) is 11.7. The van der Waals surface area contributed by atoms with Crippen LogP contribution < -0.4 is 16.0 Å². The molecule has 1 fully saturated rings. The summed E-state index contributed by atoms with van der Waals surface area (Å²) in [6, 6.07) is 0.337. The van der Waals surface area contributed by atoms with E-state index >= 15 is 0 Å². The molecule has 0 spiro atoms. The molecular formula is C16H29N7O. The molecule has 0 aromatic carbocycles. The maximum absolute atomic E-state index is 12.0. The summed E-state index contributed by atoms with van der Waals surface area (Å²) in [6.07, 6.45) is 8.49. The third kappa shape index (κ3) is 5.82. The van der Waals surface area contributed by atoms with Crippen LogP contribution in [0.1, 0.15) is 44.9 Å². The molecule has 3 N–H and O–H groups in total. The molecule has 24 heavy (non-hydrogen) atoms. The Hall–Kier alpha value is -2.12. The molecule has 134 valence electrons. The van der Waals surface area contributed by atoms with Crippen molar-refractivity contribution in [2.24, 2.45) is 4.99 Å². The van der Waals surface area contributed by atoms with Gasteiger partial charge in [-0.25, -0.2) is 0 Å². The van der Waals surface area contributed by atoms with E-state index in [2.05, 4.69) is 38.1 Å². The van der Waals surface area contributed by atoms with Gasteiger partial charge in [-0.1, -0.05) is 26.2 Å². The quantitative estimate of drug-likeness (QED) is 0.497. The van der Waals surface area contributed by atoms with Crippen LogP contribution in [0.5, 0.6) is 0 Å². The highest BCUT2D eigenvalue weighted by Gasteiger charge is 2.15. The Labute approximate surface area is 143 Å². The predicted octanol–water partition coefficient (Wildman–Crippen LogP) is 0.454. The molecule has 1 amide bonds. The van der Waals surface area contributed by atoms with Crippen molar-refractivity contribution in [1.29, 1.82) is 0 Å². The summed E-state index contributed by atoms with van der Waals surface area (Å²) in [5.41, 5.74) is 0. The van der Waals surface area contributed by atoms with E-state index in [4.69, 9.17) is 0 Å². The van der Waals surface area contributed by atoms with Crippen LogP contribution in [0, 0.1) is 0 Å². The Bertz CT molecular complexity index is 534. The second-order valence-corrected chi connectivity index (χ2v) is 6.05. The molecule has 0 unspecified atom stereocenters. The van der Waals surface area contributed by atoms with E-state index in [0.717, 1.165) is 31.6 Å². The van der Waals surface area contributed by atoms with Crippen molar-refractivity contribution >= 4 is 11.9 Å². The fourth-order valence-electron chi connectivity index (χ4n) is 2.94. The third-order valence-electron chi connectivity index (χ3n) is 4.27. The monoisotopic (exact) mass is 335 g/mol. The molecule has 0 aliphatic heterocycles.